The number of hydrogen-bond donors (Lipinski definition) is 0. The van der Waals surface area contributed by atoms with Crippen LogP contribution in [0.5, 0.6) is 23.0 Å². The van der Waals surface area contributed by atoms with Crippen molar-refractivity contribution < 1.29 is 28.5 Å². The van der Waals surface area contributed by atoms with Crippen LogP contribution >= 0.6 is 0 Å². The van der Waals surface area contributed by atoms with Gasteiger partial charge in [0.2, 0.25) is 5.78 Å². The van der Waals surface area contributed by atoms with E-state index in [0.717, 1.165) is 29.0 Å². The molecule has 0 fully saturated rings. The number of Topliss-reactive ketones (excluding diaryl/α,β-unsaturated/α-hetero) is 1. The van der Waals surface area contributed by atoms with E-state index in [1.165, 1.54) is 0 Å². The third-order valence-corrected chi connectivity index (χ3v) is 5.33. The number of nitrogens with zero attached hydrogens (tertiary/aromatic N) is 1. The number of ether oxygens (including phenoxy) is 5. The van der Waals surface area contributed by atoms with Crippen LogP contribution in [0, 0.1) is 6.92 Å². The number of ketones is 1. The zero-order valence-corrected chi connectivity index (χ0v) is 17.6. The van der Waals surface area contributed by atoms with Gasteiger partial charge in [-0.05, 0) is 36.8 Å². The number of carbonyl (C=O) groups is 1. The minimum absolute atomic E-state index is 0.141. The SMILES string of the molecule is COCCN1COc2cc(C)c3c(c2C1)O/C(=C\c1ccc(OC)cc1OC)C3=O. The molecule has 2 aromatic rings. The summed E-state index contributed by atoms with van der Waals surface area (Å²) in [7, 11) is 4.85. The van der Waals surface area contributed by atoms with Crippen molar-refractivity contribution in [3.63, 3.8) is 0 Å². The second-order valence-corrected chi connectivity index (χ2v) is 7.24. The van der Waals surface area contributed by atoms with E-state index >= 15 is 0 Å². The first-order chi connectivity index (χ1) is 14.5. The Morgan fingerprint density at radius 3 is 2.73 bits per heavy atom. The summed E-state index contributed by atoms with van der Waals surface area (Å²) in [5.74, 6) is 2.74. The number of allylic oxidation sites excluding steroid dienone is 1. The fourth-order valence-corrected chi connectivity index (χ4v) is 3.72. The lowest BCUT2D eigenvalue weighted by Gasteiger charge is -2.29. The molecule has 30 heavy (non-hydrogen) atoms. The van der Waals surface area contributed by atoms with Gasteiger partial charge in [0, 0.05) is 31.8 Å². The van der Waals surface area contributed by atoms with Gasteiger partial charge in [0.15, 0.2) is 5.76 Å². The third kappa shape index (κ3) is 3.62. The number of rotatable bonds is 6. The molecule has 0 bridgehead atoms. The van der Waals surface area contributed by atoms with Gasteiger partial charge in [0.25, 0.3) is 0 Å². The molecule has 0 amide bonds. The molecular weight excluding hydrogens is 386 g/mol. The van der Waals surface area contributed by atoms with E-state index in [9.17, 15) is 4.79 Å². The molecule has 2 aromatic carbocycles. The maximum Gasteiger partial charge on any atom is 0.232 e. The van der Waals surface area contributed by atoms with E-state index in [2.05, 4.69) is 4.90 Å². The standard InChI is InChI=1S/C23H25NO6/c1-14-9-19-17(12-24(13-29-19)7-8-26-2)23-21(14)22(25)20(30-23)10-15-5-6-16(27-3)11-18(15)28-4/h5-6,9-11H,7-8,12-13H2,1-4H3/b20-10-. The fraction of sp³-hybridized carbons (Fsp3) is 0.348. The first-order valence-corrected chi connectivity index (χ1v) is 9.72. The summed E-state index contributed by atoms with van der Waals surface area (Å²) >= 11 is 0. The molecule has 2 heterocycles. The van der Waals surface area contributed by atoms with Gasteiger partial charge in [-0.2, -0.15) is 0 Å². The number of aryl methyl sites for hydroxylation is 1. The molecule has 0 aliphatic carbocycles. The molecule has 0 atom stereocenters. The Morgan fingerprint density at radius 2 is 2.00 bits per heavy atom. The zero-order chi connectivity index (χ0) is 21.3. The lowest BCUT2D eigenvalue weighted by atomic mass is 9.98. The molecule has 2 aliphatic heterocycles. The summed E-state index contributed by atoms with van der Waals surface area (Å²) in [6.07, 6.45) is 1.71. The van der Waals surface area contributed by atoms with Crippen molar-refractivity contribution in [1.82, 2.24) is 4.90 Å². The predicted octanol–water partition coefficient (Wildman–Crippen LogP) is 3.43. The van der Waals surface area contributed by atoms with E-state index in [4.69, 9.17) is 23.7 Å². The number of methoxy groups -OCH3 is 3. The van der Waals surface area contributed by atoms with Crippen molar-refractivity contribution in [3.8, 4) is 23.0 Å². The van der Waals surface area contributed by atoms with Crippen LogP contribution < -0.4 is 18.9 Å². The summed E-state index contributed by atoms with van der Waals surface area (Å²) in [6, 6.07) is 7.34. The van der Waals surface area contributed by atoms with E-state index in [0.29, 0.717) is 42.7 Å². The predicted molar refractivity (Wildman–Crippen MR) is 111 cm³/mol. The molecule has 0 saturated carbocycles. The largest absolute Gasteiger partial charge is 0.497 e. The summed E-state index contributed by atoms with van der Waals surface area (Å²) in [6.45, 7) is 4.35. The highest BCUT2D eigenvalue weighted by atomic mass is 16.5. The molecular formula is C23H25NO6. The highest BCUT2D eigenvalue weighted by Crippen LogP contribution is 2.44. The molecule has 0 N–H and O–H groups in total. The van der Waals surface area contributed by atoms with E-state index < -0.39 is 0 Å². The molecule has 0 unspecified atom stereocenters. The Labute approximate surface area is 175 Å². The lowest BCUT2D eigenvalue weighted by molar-refractivity contribution is 0.0646. The molecule has 0 aromatic heterocycles. The van der Waals surface area contributed by atoms with Gasteiger partial charge in [0.05, 0.1) is 32.0 Å². The zero-order valence-electron chi connectivity index (χ0n) is 17.6. The normalized spacial score (nSPS) is 16.7. The first-order valence-electron chi connectivity index (χ1n) is 9.72. The molecule has 0 radical (unpaired) electrons. The van der Waals surface area contributed by atoms with Crippen molar-refractivity contribution >= 4 is 11.9 Å². The molecule has 2 aliphatic rings. The van der Waals surface area contributed by atoms with E-state index in [-0.39, 0.29) is 11.5 Å². The topological polar surface area (TPSA) is 66.5 Å². The maximum absolute atomic E-state index is 13.2. The van der Waals surface area contributed by atoms with Crippen LogP contribution in [0.15, 0.2) is 30.0 Å². The van der Waals surface area contributed by atoms with Crippen molar-refractivity contribution in [1.29, 1.82) is 0 Å². The van der Waals surface area contributed by atoms with Crippen LogP contribution in [0.3, 0.4) is 0 Å². The lowest BCUT2D eigenvalue weighted by Crippen LogP contribution is -2.34. The van der Waals surface area contributed by atoms with Crippen LogP contribution in [0.1, 0.15) is 27.0 Å². The molecule has 7 heteroatoms. The molecule has 158 valence electrons. The van der Waals surface area contributed by atoms with Crippen LogP contribution in [0.2, 0.25) is 0 Å². The van der Waals surface area contributed by atoms with Gasteiger partial charge < -0.3 is 23.7 Å². The molecule has 4 rings (SSSR count). The fourth-order valence-electron chi connectivity index (χ4n) is 3.72. The van der Waals surface area contributed by atoms with E-state index in [1.807, 2.05) is 25.1 Å². The smallest absolute Gasteiger partial charge is 0.232 e. The van der Waals surface area contributed by atoms with Crippen molar-refractivity contribution in [2.24, 2.45) is 0 Å². The molecule has 0 saturated heterocycles. The summed E-state index contributed by atoms with van der Waals surface area (Å²) in [4.78, 5) is 15.3. The van der Waals surface area contributed by atoms with Gasteiger partial charge in [-0.15, -0.1) is 0 Å². The Bertz CT molecular complexity index is 1010. The Kier molecular flexibility index (Phi) is 5.65. The van der Waals surface area contributed by atoms with Crippen molar-refractivity contribution in [2.45, 2.75) is 13.5 Å². The second-order valence-electron chi connectivity index (χ2n) is 7.24. The number of carbonyl (C=O) groups excluding carboxylic acids is 1. The van der Waals surface area contributed by atoms with Gasteiger partial charge in [-0.1, -0.05) is 0 Å². The minimum atomic E-state index is -0.141. The average molecular weight is 411 g/mol. The van der Waals surface area contributed by atoms with Crippen LogP contribution in [0.25, 0.3) is 6.08 Å². The summed E-state index contributed by atoms with van der Waals surface area (Å²) < 4.78 is 27.9. The van der Waals surface area contributed by atoms with Crippen molar-refractivity contribution in [2.75, 3.05) is 41.2 Å². The van der Waals surface area contributed by atoms with Crippen LogP contribution in [-0.4, -0.2) is 51.9 Å². The van der Waals surface area contributed by atoms with Crippen LogP contribution in [0.4, 0.5) is 0 Å². The van der Waals surface area contributed by atoms with Gasteiger partial charge >= 0.3 is 0 Å². The maximum atomic E-state index is 13.2. The van der Waals surface area contributed by atoms with Gasteiger partial charge in [-0.3, -0.25) is 9.69 Å². The molecule has 0 spiro atoms. The second kappa shape index (κ2) is 8.38. The Hall–Kier alpha value is -3.03. The van der Waals surface area contributed by atoms with Gasteiger partial charge in [0.1, 0.15) is 29.7 Å². The Balaban J connectivity index is 1.70. The third-order valence-electron chi connectivity index (χ3n) is 5.33. The quantitative estimate of drug-likeness (QED) is 0.675. The summed E-state index contributed by atoms with van der Waals surface area (Å²) in [5.41, 5.74) is 3.05. The van der Waals surface area contributed by atoms with Crippen molar-refractivity contribution in [3.05, 3.63) is 52.3 Å². The highest BCUT2D eigenvalue weighted by molar-refractivity contribution is 6.16. The first kappa shape index (κ1) is 20.3. The van der Waals surface area contributed by atoms with Gasteiger partial charge in [-0.25, -0.2) is 0 Å². The number of fused-ring (bicyclic) bond motifs is 3. The monoisotopic (exact) mass is 411 g/mol. The number of benzene rings is 2. The van der Waals surface area contributed by atoms with E-state index in [1.54, 1.807) is 33.5 Å². The van der Waals surface area contributed by atoms with Crippen LogP contribution in [-0.2, 0) is 11.3 Å². The molecule has 7 nitrogen and oxygen atoms in total. The highest BCUT2D eigenvalue weighted by Gasteiger charge is 2.35. The average Bonchev–Trinajstić information content (AvgIpc) is 3.09. The minimum Gasteiger partial charge on any atom is -0.497 e. The summed E-state index contributed by atoms with van der Waals surface area (Å²) in [5, 5.41) is 0. The Morgan fingerprint density at radius 1 is 1.17 bits per heavy atom. The number of hydrogen-bond acceptors (Lipinski definition) is 7.